The van der Waals surface area contributed by atoms with E-state index in [1.54, 1.807) is 0 Å². The summed E-state index contributed by atoms with van der Waals surface area (Å²) < 4.78 is 0. The largest absolute Gasteiger partial charge is 0.310 e. The Labute approximate surface area is 411 Å². The van der Waals surface area contributed by atoms with Gasteiger partial charge in [-0.2, -0.15) is 0 Å². The van der Waals surface area contributed by atoms with E-state index in [0.29, 0.717) is 0 Å². The van der Waals surface area contributed by atoms with Crippen molar-refractivity contribution in [2.45, 2.75) is 38.5 Å². The van der Waals surface area contributed by atoms with E-state index < -0.39 is 0 Å². The van der Waals surface area contributed by atoms with Crippen molar-refractivity contribution < 1.29 is 0 Å². The molecule has 2 aliphatic rings. The van der Waals surface area contributed by atoms with Gasteiger partial charge in [-0.25, -0.2) is 0 Å². The fourth-order valence-corrected chi connectivity index (χ4v) is 11.9. The topological polar surface area (TPSA) is 6.48 Å². The van der Waals surface area contributed by atoms with Crippen LogP contribution in [0.5, 0.6) is 0 Å². The highest BCUT2D eigenvalue weighted by molar-refractivity contribution is 6.19. The zero-order chi connectivity index (χ0) is 47.1. The molecule has 0 N–H and O–H groups in total. The van der Waals surface area contributed by atoms with E-state index in [1.165, 1.54) is 88.3 Å². The molecule has 334 valence electrons. The van der Waals surface area contributed by atoms with Gasteiger partial charge in [0.1, 0.15) is 0 Å². The zero-order valence-electron chi connectivity index (χ0n) is 40.0. The Morgan fingerprint density at radius 3 is 1.20 bits per heavy atom. The van der Waals surface area contributed by atoms with E-state index >= 15 is 0 Å². The summed E-state index contributed by atoms with van der Waals surface area (Å²) in [4.78, 5) is 4.99. The molecule has 0 saturated carbocycles. The van der Waals surface area contributed by atoms with Crippen LogP contribution in [-0.2, 0) is 10.8 Å². The molecule has 0 bridgehead atoms. The smallest absolute Gasteiger partial charge is 0.0547 e. The number of fused-ring (bicyclic) bond motifs is 9. The third-order valence-corrected chi connectivity index (χ3v) is 15.5. The molecule has 0 aromatic heterocycles. The van der Waals surface area contributed by atoms with Crippen LogP contribution >= 0.6 is 0 Å². The standard InChI is InChI=1S/C68H52N2/c1-67(2)60-25-15-13-23-55(60)57-39-36-52(43-62(57)67)69(50-32-27-47(28-33-50)45-17-7-5-8-18-45)64-41-42-65(66-54-22-12-11-21-49(54)31-38-59(64)66)70(51-34-29-48(30-35-51)46-19-9-6-10-20-46)53-37-40-58-56-24-14-16-26-61(56)68(3,4)63(58)44-53/h5-44H,1-4H3. The minimum absolute atomic E-state index is 0.157. The van der Waals surface area contributed by atoms with Crippen molar-refractivity contribution in [1.29, 1.82) is 0 Å². The summed E-state index contributed by atoms with van der Waals surface area (Å²) in [6.45, 7) is 9.49. The summed E-state index contributed by atoms with van der Waals surface area (Å²) in [6.07, 6.45) is 0. The highest BCUT2D eigenvalue weighted by Crippen LogP contribution is 2.54. The van der Waals surface area contributed by atoms with Crippen molar-refractivity contribution in [2.24, 2.45) is 0 Å². The summed E-state index contributed by atoms with van der Waals surface area (Å²) in [5.74, 6) is 0. The molecule has 0 fully saturated rings. The van der Waals surface area contributed by atoms with Crippen LogP contribution in [0.4, 0.5) is 34.1 Å². The average Bonchev–Trinajstić information content (AvgIpc) is 3.78. The van der Waals surface area contributed by atoms with Gasteiger partial charge in [0.05, 0.1) is 11.4 Å². The first-order valence-electron chi connectivity index (χ1n) is 24.6. The molecule has 2 heteroatoms. The summed E-state index contributed by atoms with van der Waals surface area (Å²) in [5.41, 5.74) is 21.9. The molecular formula is C68H52N2. The molecule has 0 saturated heterocycles. The number of nitrogens with zero attached hydrogens (tertiary/aromatic N) is 2. The fraction of sp³-hybridized carbons (Fsp3) is 0.0882. The second-order valence-corrected chi connectivity index (χ2v) is 20.1. The quantitative estimate of drug-likeness (QED) is 0.140. The normalized spacial score (nSPS) is 13.7. The van der Waals surface area contributed by atoms with Gasteiger partial charge in [0.15, 0.2) is 0 Å². The molecule has 0 atom stereocenters. The van der Waals surface area contributed by atoms with Gasteiger partial charge < -0.3 is 9.80 Å². The Bertz CT molecular complexity index is 3810. The van der Waals surface area contributed by atoms with E-state index in [9.17, 15) is 0 Å². The maximum atomic E-state index is 2.50. The van der Waals surface area contributed by atoms with Crippen LogP contribution in [-0.4, -0.2) is 0 Å². The highest BCUT2D eigenvalue weighted by atomic mass is 15.2. The molecule has 0 heterocycles. The minimum atomic E-state index is -0.161. The lowest BCUT2D eigenvalue weighted by molar-refractivity contribution is 0.660. The second-order valence-electron chi connectivity index (χ2n) is 20.1. The summed E-state index contributed by atoms with van der Waals surface area (Å²) in [5, 5.41) is 4.78. The summed E-state index contributed by atoms with van der Waals surface area (Å²) in [7, 11) is 0. The number of rotatable bonds is 8. The molecule has 2 aliphatic carbocycles. The van der Waals surface area contributed by atoms with Gasteiger partial charge in [-0.15, -0.1) is 0 Å². The molecule has 11 aromatic rings. The van der Waals surface area contributed by atoms with Crippen LogP contribution in [0.15, 0.2) is 243 Å². The Kier molecular flexibility index (Phi) is 9.58. The van der Waals surface area contributed by atoms with E-state index in [4.69, 9.17) is 0 Å². The predicted octanol–water partition coefficient (Wildman–Crippen LogP) is 18.9. The third kappa shape index (κ3) is 6.55. The van der Waals surface area contributed by atoms with E-state index in [-0.39, 0.29) is 10.8 Å². The fourth-order valence-electron chi connectivity index (χ4n) is 11.9. The Hall–Kier alpha value is -8.46. The number of benzene rings is 11. The van der Waals surface area contributed by atoms with Gasteiger partial charge >= 0.3 is 0 Å². The number of anilines is 6. The van der Waals surface area contributed by atoms with Crippen LogP contribution in [0.25, 0.3) is 66.1 Å². The maximum Gasteiger partial charge on any atom is 0.0547 e. The molecule has 13 rings (SSSR count). The van der Waals surface area contributed by atoms with Crippen LogP contribution in [0.1, 0.15) is 49.9 Å². The SMILES string of the molecule is CC1(C)c2ccccc2-c2ccc(N(c3ccc(-c4ccccc4)cc3)c3ccc(N(c4ccc(-c5ccccc5)cc4)c4ccc5c(c4)C(C)(C)c4ccccc4-5)c4c3ccc3ccccc34)cc21. The minimum Gasteiger partial charge on any atom is -0.310 e. The average molecular weight is 897 g/mol. The van der Waals surface area contributed by atoms with Crippen molar-refractivity contribution in [3.63, 3.8) is 0 Å². The van der Waals surface area contributed by atoms with Crippen molar-refractivity contribution >= 4 is 55.7 Å². The van der Waals surface area contributed by atoms with Crippen LogP contribution in [0.2, 0.25) is 0 Å². The first-order valence-corrected chi connectivity index (χ1v) is 24.6. The van der Waals surface area contributed by atoms with Gasteiger partial charge in [-0.05, 0) is 138 Å². The van der Waals surface area contributed by atoms with Gasteiger partial charge in [-0.1, -0.05) is 210 Å². The van der Waals surface area contributed by atoms with Gasteiger partial charge in [0, 0.05) is 44.4 Å². The zero-order valence-corrected chi connectivity index (χ0v) is 40.0. The van der Waals surface area contributed by atoms with Gasteiger partial charge in [0.2, 0.25) is 0 Å². The molecule has 0 unspecified atom stereocenters. The van der Waals surface area contributed by atoms with Crippen molar-refractivity contribution in [3.05, 3.63) is 265 Å². The first kappa shape index (κ1) is 41.7. The molecule has 11 aromatic carbocycles. The number of hydrogen-bond donors (Lipinski definition) is 0. The lowest BCUT2D eigenvalue weighted by Crippen LogP contribution is -2.17. The molecule has 0 amide bonds. The summed E-state index contributed by atoms with van der Waals surface area (Å²) >= 11 is 0. The van der Waals surface area contributed by atoms with E-state index in [0.717, 1.165) is 34.1 Å². The Balaban J connectivity index is 1.05. The molecule has 0 aliphatic heterocycles. The Morgan fingerprint density at radius 2 is 0.671 bits per heavy atom. The van der Waals surface area contributed by atoms with Crippen LogP contribution < -0.4 is 9.80 Å². The van der Waals surface area contributed by atoms with Crippen LogP contribution in [0, 0.1) is 0 Å². The molecule has 0 spiro atoms. The Morgan fingerprint density at radius 1 is 0.271 bits per heavy atom. The second kappa shape index (κ2) is 16.1. The molecule has 0 radical (unpaired) electrons. The first-order chi connectivity index (χ1) is 34.2. The third-order valence-electron chi connectivity index (χ3n) is 15.5. The van der Waals surface area contributed by atoms with Crippen molar-refractivity contribution in [1.82, 2.24) is 0 Å². The van der Waals surface area contributed by atoms with Gasteiger partial charge in [-0.3, -0.25) is 0 Å². The lowest BCUT2D eigenvalue weighted by atomic mass is 9.82. The molecular weight excluding hydrogens is 845 g/mol. The van der Waals surface area contributed by atoms with E-state index in [2.05, 4.69) is 280 Å². The van der Waals surface area contributed by atoms with Gasteiger partial charge in [0.25, 0.3) is 0 Å². The lowest BCUT2D eigenvalue weighted by Gasteiger charge is -2.32. The highest BCUT2D eigenvalue weighted by Gasteiger charge is 2.37. The predicted molar refractivity (Wildman–Crippen MR) is 297 cm³/mol. The molecule has 70 heavy (non-hydrogen) atoms. The monoisotopic (exact) mass is 896 g/mol. The number of hydrogen-bond acceptors (Lipinski definition) is 2. The summed E-state index contributed by atoms with van der Waals surface area (Å²) in [6, 6.07) is 90.0. The maximum absolute atomic E-state index is 2.50. The van der Waals surface area contributed by atoms with Crippen molar-refractivity contribution in [2.75, 3.05) is 9.80 Å². The molecule has 2 nitrogen and oxygen atoms in total. The van der Waals surface area contributed by atoms with Crippen LogP contribution in [0.3, 0.4) is 0 Å². The van der Waals surface area contributed by atoms with Crippen molar-refractivity contribution in [3.8, 4) is 44.5 Å². The van der Waals surface area contributed by atoms with E-state index in [1.807, 2.05) is 0 Å².